The second-order valence-electron chi connectivity index (χ2n) is 4.56. The van der Waals surface area contributed by atoms with Crippen LogP contribution in [0.4, 0.5) is 13.2 Å². The van der Waals surface area contributed by atoms with Gasteiger partial charge in [0, 0.05) is 27.3 Å². The number of ether oxygens (including phenoxy) is 1. The minimum atomic E-state index is -4.88. The van der Waals surface area contributed by atoms with Crippen LogP contribution in [0.3, 0.4) is 0 Å². The maximum Gasteiger partial charge on any atom is 0.415 e. The molecule has 0 bridgehead atoms. The highest BCUT2D eigenvalue weighted by atomic mass is 19.4. The van der Waals surface area contributed by atoms with Gasteiger partial charge in [-0.2, -0.15) is 13.2 Å². The van der Waals surface area contributed by atoms with E-state index in [-0.39, 0.29) is 0 Å². The molecule has 0 spiro atoms. The van der Waals surface area contributed by atoms with Crippen molar-refractivity contribution in [3.63, 3.8) is 0 Å². The van der Waals surface area contributed by atoms with Crippen LogP contribution in [-0.4, -0.2) is 62.3 Å². The molecule has 9 heteroatoms. The Morgan fingerprint density at radius 2 is 1.90 bits per heavy atom. The molecule has 0 heterocycles. The molecule has 20 heavy (non-hydrogen) atoms. The summed E-state index contributed by atoms with van der Waals surface area (Å²) in [5, 5.41) is 2.46. The lowest BCUT2D eigenvalue weighted by molar-refractivity contribution is -0.193. The van der Waals surface area contributed by atoms with Gasteiger partial charge in [0.25, 0.3) is 5.91 Å². The molecule has 0 aromatic rings. The molecule has 2 amide bonds. The van der Waals surface area contributed by atoms with E-state index in [1.807, 2.05) is 0 Å². The van der Waals surface area contributed by atoms with E-state index in [1.54, 1.807) is 0 Å². The number of carbonyl (C=O) groups is 2. The predicted molar refractivity (Wildman–Crippen MR) is 65.8 cm³/mol. The SMILES string of the molecule is COCCCNC(=O)CN(C)C(=O)C(C)(N)C(F)(F)F. The molecule has 0 saturated carbocycles. The third-order valence-electron chi connectivity index (χ3n) is 2.61. The van der Waals surface area contributed by atoms with E-state index >= 15 is 0 Å². The number of halogens is 3. The van der Waals surface area contributed by atoms with Crippen LogP contribution >= 0.6 is 0 Å². The van der Waals surface area contributed by atoms with E-state index in [9.17, 15) is 22.8 Å². The molecule has 0 radical (unpaired) electrons. The summed E-state index contributed by atoms with van der Waals surface area (Å²) in [7, 11) is 2.60. The van der Waals surface area contributed by atoms with Crippen LogP contribution in [0, 0.1) is 0 Å². The molecule has 0 fully saturated rings. The summed E-state index contributed by atoms with van der Waals surface area (Å²) in [6.07, 6.45) is -4.32. The van der Waals surface area contributed by atoms with Gasteiger partial charge in [-0.1, -0.05) is 0 Å². The van der Waals surface area contributed by atoms with Gasteiger partial charge in [0.1, 0.15) is 0 Å². The molecular formula is C11H20F3N3O3. The second-order valence-corrected chi connectivity index (χ2v) is 4.56. The number of nitrogens with two attached hydrogens (primary N) is 1. The average molecular weight is 299 g/mol. The van der Waals surface area contributed by atoms with Gasteiger partial charge in [-0.3, -0.25) is 9.59 Å². The fraction of sp³-hybridized carbons (Fsp3) is 0.818. The maximum atomic E-state index is 12.6. The molecule has 118 valence electrons. The summed E-state index contributed by atoms with van der Waals surface area (Å²) in [5.41, 5.74) is 1.97. The third kappa shape index (κ3) is 5.33. The van der Waals surface area contributed by atoms with Crippen molar-refractivity contribution in [2.75, 3.05) is 33.9 Å². The van der Waals surface area contributed by atoms with Crippen molar-refractivity contribution in [1.82, 2.24) is 10.2 Å². The smallest absolute Gasteiger partial charge is 0.385 e. The van der Waals surface area contributed by atoms with Crippen molar-refractivity contribution in [3.05, 3.63) is 0 Å². The van der Waals surface area contributed by atoms with Crippen LogP contribution in [0.1, 0.15) is 13.3 Å². The topological polar surface area (TPSA) is 84.7 Å². The summed E-state index contributed by atoms with van der Waals surface area (Å²) in [6, 6.07) is 0. The Morgan fingerprint density at radius 1 is 1.35 bits per heavy atom. The summed E-state index contributed by atoms with van der Waals surface area (Å²) < 4.78 is 42.5. The van der Waals surface area contributed by atoms with Gasteiger partial charge < -0.3 is 20.7 Å². The third-order valence-corrected chi connectivity index (χ3v) is 2.61. The molecule has 1 unspecified atom stereocenters. The monoisotopic (exact) mass is 299 g/mol. The zero-order valence-electron chi connectivity index (χ0n) is 11.7. The van der Waals surface area contributed by atoms with Gasteiger partial charge in [-0.15, -0.1) is 0 Å². The molecule has 0 saturated heterocycles. The number of alkyl halides is 3. The van der Waals surface area contributed by atoms with Gasteiger partial charge in [0.2, 0.25) is 5.91 Å². The van der Waals surface area contributed by atoms with Crippen LogP contribution in [0.25, 0.3) is 0 Å². The van der Waals surface area contributed by atoms with Crippen LogP contribution in [0.15, 0.2) is 0 Å². The van der Waals surface area contributed by atoms with E-state index in [2.05, 4.69) is 5.32 Å². The Labute approximate surface area is 115 Å². The first-order chi connectivity index (χ1) is 9.04. The Hall–Kier alpha value is -1.35. The number of amides is 2. The van der Waals surface area contributed by atoms with E-state index in [1.165, 1.54) is 7.11 Å². The summed E-state index contributed by atoms with van der Waals surface area (Å²) in [4.78, 5) is 23.7. The van der Waals surface area contributed by atoms with E-state index < -0.39 is 30.1 Å². The Balaban J connectivity index is 4.36. The van der Waals surface area contributed by atoms with E-state index in [0.29, 0.717) is 31.4 Å². The standard InChI is InChI=1S/C11H20F3N3O3/c1-10(15,11(12,13)14)9(19)17(2)7-8(18)16-5-4-6-20-3/h4-7,15H2,1-3H3,(H,16,18). The average Bonchev–Trinajstić information content (AvgIpc) is 2.32. The van der Waals surface area contributed by atoms with Gasteiger partial charge in [0.15, 0.2) is 5.54 Å². The maximum absolute atomic E-state index is 12.6. The van der Waals surface area contributed by atoms with Crippen molar-refractivity contribution in [2.24, 2.45) is 5.73 Å². The number of methoxy groups -OCH3 is 1. The summed E-state index contributed by atoms with van der Waals surface area (Å²) in [6.45, 7) is 0.842. The second kappa shape index (κ2) is 7.44. The fourth-order valence-corrected chi connectivity index (χ4v) is 1.31. The lowest BCUT2D eigenvalue weighted by atomic mass is 10.0. The Kier molecular flexibility index (Phi) is 6.94. The van der Waals surface area contributed by atoms with Gasteiger partial charge in [0.05, 0.1) is 6.54 Å². The van der Waals surface area contributed by atoms with Crippen molar-refractivity contribution in [2.45, 2.75) is 25.1 Å². The largest absolute Gasteiger partial charge is 0.415 e. The number of nitrogens with one attached hydrogen (secondary N) is 1. The van der Waals surface area contributed by atoms with E-state index in [0.717, 1.165) is 7.05 Å². The first-order valence-corrected chi connectivity index (χ1v) is 5.90. The van der Waals surface area contributed by atoms with Crippen LogP contribution in [-0.2, 0) is 14.3 Å². The molecule has 0 aliphatic carbocycles. The van der Waals surface area contributed by atoms with Crippen LogP contribution in [0.5, 0.6) is 0 Å². The number of hydrogen-bond donors (Lipinski definition) is 2. The summed E-state index contributed by atoms with van der Waals surface area (Å²) in [5.74, 6) is -1.92. The lowest BCUT2D eigenvalue weighted by Crippen LogP contribution is -2.62. The number of likely N-dealkylation sites (N-methyl/N-ethyl adjacent to an activating group) is 1. The first-order valence-electron chi connectivity index (χ1n) is 5.90. The first kappa shape index (κ1) is 18.7. The van der Waals surface area contributed by atoms with Crippen LogP contribution in [0.2, 0.25) is 0 Å². The highest BCUT2D eigenvalue weighted by molar-refractivity contribution is 5.90. The van der Waals surface area contributed by atoms with Crippen molar-refractivity contribution < 1.29 is 27.5 Å². The molecule has 0 aromatic heterocycles. The molecule has 0 aliphatic rings. The fourth-order valence-electron chi connectivity index (χ4n) is 1.31. The molecule has 0 rings (SSSR count). The number of carbonyl (C=O) groups excluding carboxylic acids is 2. The molecule has 6 nitrogen and oxygen atoms in total. The van der Waals surface area contributed by atoms with Crippen molar-refractivity contribution in [1.29, 1.82) is 0 Å². The minimum absolute atomic E-state index is 0.313. The quantitative estimate of drug-likeness (QED) is 0.642. The predicted octanol–water partition coefficient (Wildman–Crippen LogP) is -0.123. The summed E-state index contributed by atoms with van der Waals surface area (Å²) >= 11 is 0. The zero-order valence-corrected chi connectivity index (χ0v) is 11.7. The number of hydrogen-bond acceptors (Lipinski definition) is 4. The Morgan fingerprint density at radius 3 is 2.35 bits per heavy atom. The van der Waals surface area contributed by atoms with Crippen molar-refractivity contribution in [3.8, 4) is 0 Å². The lowest BCUT2D eigenvalue weighted by Gasteiger charge is -2.30. The number of rotatable bonds is 7. The molecule has 0 aromatic carbocycles. The van der Waals surface area contributed by atoms with Gasteiger partial charge in [-0.05, 0) is 13.3 Å². The van der Waals surface area contributed by atoms with Crippen molar-refractivity contribution >= 4 is 11.8 Å². The zero-order chi connectivity index (χ0) is 16.0. The molecule has 1 atom stereocenters. The number of nitrogens with zero attached hydrogens (tertiary/aromatic N) is 1. The normalized spacial score (nSPS) is 14.6. The minimum Gasteiger partial charge on any atom is -0.385 e. The highest BCUT2D eigenvalue weighted by Gasteiger charge is 2.55. The van der Waals surface area contributed by atoms with Gasteiger partial charge >= 0.3 is 6.18 Å². The molecular weight excluding hydrogens is 279 g/mol. The van der Waals surface area contributed by atoms with Gasteiger partial charge in [-0.25, -0.2) is 0 Å². The van der Waals surface area contributed by atoms with Crippen LogP contribution < -0.4 is 11.1 Å². The van der Waals surface area contributed by atoms with E-state index in [4.69, 9.17) is 10.5 Å². The highest BCUT2D eigenvalue weighted by Crippen LogP contribution is 2.29. The molecule has 0 aliphatic heterocycles. The molecule has 3 N–H and O–H groups in total. The Bertz CT molecular complexity index is 346.